The van der Waals surface area contributed by atoms with Gasteiger partial charge in [-0.3, -0.25) is 14.4 Å². The van der Waals surface area contributed by atoms with Gasteiger partial charge in [0.2, 0.25) is 5.91 Å². The van der Waals surface area contributed by atoms with Gasteiger partial charge in [0.1, 0.15) is 5.82 Å². The summed E-state index contributed by atoms with van der Waals surface area (Å²) in [5.41, 5.74) is 0.0114. The van der Waals surface area contributed by atoms with Crippen LogP contribution in [0, 0.1) is 5.82 Å². The molecule has 0 unspecified atom stereocenters. The summed E-state index contributed by atoms with van der Waals surface area (Å²) in [5.74, 6) is -2.33. The summed E-state index contributed by atoms with van der Waals surface area (Å²) in [6.07, 6.45) is -0.380. The van der Waals surface area contributed by atoms with Gasteiger partial charge in [-0.2, -0.15) is 0 Å². The van der Waals surface area contributed by atoms with E-state index in [1.54, 1.807) is 14.1 Å². The zero-order valence-corrected chi connectivity index (χ0v) is 12.9. The fourth-order valence-electron chi connectivity index (χ4n) is 1.43. The van der Waals surface area contributed by atoms with E-state index in [-0.39, 0.29) is 29.5 Å². The number of likely N-dealkylation sites (N-methyl/N-ethyl adjacent to an activating group) is 1. The third-order valence-corrected chi connectivity index (χ3v) is 3.04. The molecule has 1 aromatic carbocycles. The summed E-state index contributed by atoms with van der Waals surface area (Å²) in [7, 11) is 3.10. The van der Waals surface area contributed by atoms with Crippen LogP contribution in [0.25, 0.3) is 0 Å². The first kappa shape index (κ1) is 17.9. The minimum absolute atomic E-state index is 0.0114. The molecule has 6 nitrogen and oxygen atoms in total. The van der Waals surface area contributed by atoms with Crippen molar-refractivity contribution in [2.45, 2.75) is 6.42 Å². The average molecular weight is 331 g/mol. The standard InChI is InChI=1S/C14H16ClFN2O4/c1-18(2)13(20)7-17-12(19)8-22-14(21)6-9-10(15)4-3-5-11(9)16/h3-5H,6-8H2,1-2H3,(H,17,19). The van der Waals surface area contributed by atoms with E-state index in [0.717, 1.165) is 0 Å². The van der Waals surface area contributed by atoms with Gasteiger partial charge in [-0.1, -0.05) is 17.7 Å². The maximum atomic E-state index is 13.5. The molecule has 0 aromatic heterocycles. The van der Waals surface area contributed by atoms with Crippen LogP contribution in [0.4, 0.5) is 4.39 Å². The smallest absolute Gasteiger partial charge is 0.310 e. The molecule has 0 saturated carbocycles. The molecule has 0 aliphatic rings. The largest absolute Gasteiger partial charge is 0.455 e. The van der Waals surface area contributed by atoms with Crippen LogP contribution in [0.2, 0.25) is 5.02 Å². The molecule has 2 amide bonds. The molecule has 0 saturated heterocycles. The molecular weight excluding hydrogens is 315 g/mol. The lowest BCUT2D eigenvalue weighted by molar-refractivity contribution is -0.148. The monoisotopic (exact) mass is 330 g/mol. The summed E-state index contributed by atoms with van der Waals surface area (Å²) in [6, 6.07) is 4.04. The van der Waals surface area contributed by atoms with Crippen LogP contribution in [0.3, 0.4) is 0 Å². The van der Waals surface area contributed by atoms with Gasteiger partial charge in [0.25, 0.3) is 5.91 Å². The Morgan fingerprint density at radius 3 is 2.59 bits per heavy atom. The lowest BCUT2D eigenvalue weighted by atomic mass is 10.1. The Morgan fingerprint density at radius 2 is 2.00 bits per heavy atom. The fourth-order valence-corrected chi connectivity index (χ4v) is 1.66. The number of nitrogens with one attached hydrogen (secondary N) is 1. The lowest BCUT2D eigenvalue weighted by Gasteiger charge is -2.11. The minimum atomic E-state index is -0.791. The van der Waals surface area contributed by atoms with Gasteiger partial charge in [0.15, 0.2) is 6.61 Å². The van der Waals surface area contributed by atoms with E-state index in [2.05, 4.69) is 5.32 Å². The Kier molecular flexibility index (Phi) is 6.78. The van der Waals surface area contributed by atoms with E-state index in [0.29, 0.717) is 0 Å². The van der Waals surface area contributed by atoms with E-state index >= 15 is 0 Å². The lowest BCUT2D eigenvalue weighted by Crippen LogP contribution is -2.38. The van der Waals surface area contributed by atoms with Gasteiger partial charge in [0.05, 0.1) is 13.0 Å². The fraction of sp³-hybridized carbons (Fsp3) is 0.357. The third kappa shape index (κ3) is 5.69. The zero-order valence-electron chi connectivity index (χ0n) is 12.2. The Morgan fingerprint density at radius 1 is 1.32 bits per heavy atom. The van der Waals surface area contributed by atoms with Crippen molar-refractivity contribution in [1.29, 1.82) is 0 Å². The van der Waals surface area contributed by atoms with Crippen LogP contribution in [-0.2, 0) is 25.5 Å². The molecule has 1 aromatic rings. The third-order valence-electron chi connectivity index (χ3n) is 2.68. The molecule has 0 heterocycles. The Balaban J connectivity index is 2.40. The molecule has 0 spiro atoms. The molecule has 0 bridgehead atoms. The molecule has 1 rings (SSSR count). The summed E-state index contributed by atoms with van der Waals surface area (Å²) in [4.78, 5) is 35.5. The van der Waals surface area contributed by atoms with E-state index < -0.39 is 24.3 Å². The van der Waals surface area contributed by atoms with Gasteiger partial charge >= 0.3 is 5.97 Å². The highest BCUT2D eigenvalue weighted by molar-refractivity contribution is 6.31. The molecule has 0 radical (unpaired) electrons. The summed E-state index contributed by atoms with van der Waals surface area (Å²) < 4.78 is 18.2. The molecule has 8 heteroatoms. The molecule has 0 aliphatic heterocycles. The molecule has 0 atom stereocenters. The Hall–Kier alpha value is -2.15. The highest BCUT2D eigenvalue weighted by atomic mass is 35.5. The predicted octanol–water partition coefficient (Wildman–Crippen LogP) is 0.769. The summed E-state index contributed by atoms with van der Waals surface area (Å²) in [6.45, 7) is -0.742. The van der Waals surface area contributed by atoms with E-state index in [9.17, 15) is 18.8 Å². The van der Waals surface area contributed by atoms with Crippen molar-refractivity contribution in [3.8, 4) is 0 Å². The van der Waals surface area contributed by atoms with E-state index in [4.69, 9.17) is 16.3 Å². The first-order valence-corrected chi connectivity index (χ1v) is 6.74. The summed E-state index contributed by atoms with van der Waals surface area (Å²) in [5, 5.41) is 2.41. The van der Waals surface area contributed by atoms with Crippen molar-refractivity contribution in [2.24, 2.45) is 0 Å². The Labute approximate surface area is 132 Å². The number of halogens is 2. The van der Waals surface area contributed by atoms with E-state index in [1.165, 1.54) is 23.1 Å². The maximum Gasteiger partial charge on any atom is 0.310 e. The van der Waals surface area contributed by atoms with Gasteiger partial charge in [-0.25, -0.2) is 4.39 Å². The number of nitrogens with zero attached hydrogens (tertiary/aromatic N) is 1. The molecule has 0 fully saturated rings. The molecule has 1 N–H and O–H groups in total. The van der Waals surface area contributed by atoms with Crippen LogP contribution >= 0.6 is 11.6 Å². The second-order valence-corrected chi connectivity index (χ2v) is 5.01. The van der Waals surface area contributed by atoms with Gasteiger partial charge in [-0.05, 0) is 12.1 Å². The molecular formula is C14H16ClFN2O4. The number of hydrogen-bond acceptors (Lipinski definition) is 4. The number of hydrogen-bond donors (Lipinski definition) is 1. The molecule has 0 aliphatic carbocycles. The van der Waals surface area contributed by atoms with Crippen LogP contribution in [0.5, 0.6) is 0 Å². The number of carbonyl (C=O) groups excluding carboxylic acids is 3. The van der Waals surface area contributed by atoms with Crippen molar-refractivity contribution < 1.29 is 23.5 Å². The van der Waals surface area contributed by atoms with Crippen LogP contribution in [0.1, 0.15) is 5.56 Å². The first-order chi connectivity index (χ1) is 10.3. The van der Waals surface area contributed by atoms with Crippen molar-refractivity contribution in [1.82, 2.24) is 10.2 Å². The Bertz CT molecular complexity index is 558. The number of ether oxygens (including phenoxy) is 1. The number of rotatable bonds is 6. The SMILES string of the molecule is CN(C)C(=O)CNC(=O)COC(=O)Cc1c(F)cccc1Cl. The van der Waals surface area contributed by atoms with Crippen molar-refractivity contribution in [3.63, 3.8) is 0 Å². The van der Waals surface area contributed by atoms with Gasteiger partial charge < -0.3 is 15.0 Å². The number of benzene rings is 1. The highest BCUT2D eigenvalue weighted by Crippen LogP contribution is 2.19. The number of carbonyl (C=O) groups is 3. The second kappa shape index (κ2) is 8.33. The summed E-state index contributed by atoms with van der Waals surface area (Å²) >= 11 is 5.78. The average Bonchev–Trinajstić information content (AvgIpc) is 2.46. The zero-order chi connectivity index (χ0) is 16.7. The highest BCUT2D eigenvalue weighted by Gasteiger charge is 2.14. The molecule has 22 heavy (non-hydrogen) atoms. The normalized spacial score (nSPS) is 10.0. The maximum absolute atomic E-state index is 13.5. The van der Waals surface area contributed by atoms with Gasteiger partial charge in [0, 0.05) is 24.7 Å². The van der Waals surface area contributed by atoms with Crippen LogP contribution in [0.15, 0.2) is 18.2 Å². The quantitative estimate of drug-likeness (QED) is 0.782. The topological polar surface area (TPSA) is 75.7 Å². The van der Waals surface area contributed by atoms with Crippen LogP contribution < -0.4 is 5.32 Å². The van der Waals surface area contributed by atoms with Gasteiger partial charge in [-0.15, -0.1) is 0 Å². The first-order valence-electron chi connectivity index (χ1n) is 6.36. The number of esters is 1. The second-order valence-electron chi connectivity index (χ2n) is 4.60. The minimum Gasteiger partial charge on any atom is -0.455 e. The molecule has 120 valence electrons. The number of amides is 2. The predicted molar refractivity (Wildman–Crippen MR) is 77.8 cm³/mol. The van der Waals surface area contributed by atoms with Crippen molar-refractivity contribution in [2.75, 3.05) is 27.2 Å². The van der Waals surface area contributed by atoms with E-state index in [1.807, 2.05) is 0 Å². The van der Waals surface area contributed by atoms with Crippen molar-refractivity contribution >= 4 is 29.4 Å². The van der Waals surface area contributed by atoms with Crippen LogP contribution in [-0.4, -0.2) is 49.9 Å². The van der Waals surface area contributed by atoms with Crippen molar-refractivity contribution in [3.05, 3.63) is 34.6 Å².